The minimum atomic E-state index is -0.733. The first-order chi connectivity index (χ1) is 13.0. The molecule has 1 aliphatic carbocycles. The van der Waals surface area contributed by atoms with Crippen molar-refractivity contribution >= 4 is 18.5 Å². The number of allylic oxidation sites excluding steroid dienone is 5. The van der Waals surface area contributed by atoms with E-state index in [2.05, 4.69) is 105 Å². The van der Waals surface area contributed by atoms with Crippen molar-refractivity contribution in [3.8, 4) is 0 Å². The maximum Gasteiger partial charge on any atom is 0.195 e. The molecule has 0 aliphatic heterocycles. The fourth-order valence-electron chi connectivity index (χ4n) is 3.60. The maximum atomic E-state index is 11.2. The summed E-state index contributed by atoms with van der Waals surface area (Å²) in [5, 5.41) is 15.0. The summed E-state index contributed by atoms with van der Waals surface area (Å²) in [6.07, 6.45) is 6.26. The number of aliphatic hydroxyl groups excluding tert-OH is 1. The van der Waals surface area contributed by atoms with Crippen molar-refractivity contribution in [1.29, 1.82) is 0 Å². The molecule has 0 saturated heterocycles. The standard InChI is InChI=1S/C24H28NOP/c1-18(2)25(19(3)4)24(26)22-16-11-17-23(22)27(20-12-7-5-8-13-20)21-14-9-6-10-15-21/h5-19,26H,1-4H3/b24-22-. The van der Waals surface area contributed by atoms with E-state index in [1.807, 2.05) is 6.08 Å². The summed E-state index contributed by atoms with van der Waals surface area (Å²) in [6, 6.07) is 21.7. The number of hydrogen-bond donors (Lipinski definition) is 1. The molecule has 0 heterocycles. The van der Waals surface area contributed by atoms with Crippen molar-refractivity contribution in [3.63, 3.8) is 0 Å². The molecule has 0 unspecified atom stereocenters. The van der Waals surface area contributed by atoms with Crippen molar-refractivity contribution in [2.24, 2.45) is 0 Å². The lowest BCUT2D eigenvalue weighted by Gasteiger charge is -2.33. The number of aliphatic hydroxyl groups is 1. The molecule has 2 nitrogen and oxygen atoms in total. The van der Waals surface area contributed by atoms with Crippen LogP contribution in [0.25, 0.3) is 0 Å². The molecule has 0 fully saturated rings. The lowest BCUT2D eigenvalue weighted by atomic mass is 10.2. The van der Waals surface area contributed by atoms with Crippen LogP contribution in [0.2, 0.25) is 0 Å². The van der Waals surface area contributed by atoms with E-state index >= 15 is 0 Å². The molecule has 0 amide bonds. The summed E-state index contributed by atoms with van der Waals surface area (Å²) >= 11 is 0. The van der Waals surface area contributed by atoms with Crippen LogP contribution in [0.1, 0.15) is 27.7 Å². The highest BCUT2D eigenvalue weighted by atomic mass is 31.1. The molecule has 0 saturated carbocycles. The van der Waals surface area contributed by atoms with Gasteiger partial charge in [-0.1, -0.05) is 72.8 Å². The highest BCUT2D eigenvalue weighted by Crippen LogP contribution is 2.49. The van der Waals surface area contributed by atoms with E-state index in [-0.39, 0.29) is 12.1 Å². The second-order valence-electron chi connectivity index (χ2n) is 7.25. The van der Waals surface area contributed by atoms with Crippen LogP contribution in [-0.2, 0) is 0 Å². The summed E-state index contributed by atoms with van der Waals surface area (Å²) in [5.74, 6) is 0.374. The first kappa shape index (κ1) is 19.5. The maximum absolute atomic E-state index is 11.2. The van der Waals surface area contributed by atoms with E-state index < -0.39 is 7.92 Å². The molecule has 2 aromatic carbocycles. The Morgan fingerprint density at radius 1 is 0.815 bits per heavy atom. The zero-order valence-corrected chi connectivity index (χ0v) is 17.4. The van der Waals surface area contributed by atoms with Gasteiger partial charge in [0.05, 0.1) is 0 Å². The van der Waals surface area contributed by atoms with Gasteiger partial charge in [-0.2, -0.15) is 0 Å². The molecule has 2 aromatic rings. The molecule has 3 rings (SSSR count). The summed E-state index contributed by atoms with van der Waals surface area (Å²) in [6.45, 7) is 8.48. The van der Waals surface area contributed by atoms with Crippen molar-refractivity contribution in [1.82, 2.24) is 4.90 Å². The quantitative estimate of drug-likeness (QED) is 0.534. The number of hydrogen-bond acceptors (Lipinski definition) is 2. The average Bonchev–Trinajstić information content (AvgIpc) is 3.12. The van der Waals surface area contributed by atoms with Gasteiger partial charge in [0.25, 0.3) is 0 Å². The average molecular weight is 377 g/mol. The van der Waals surface area contributed by atoms with Crippen LogP contribution >= 0.6 is 7.92 Å². The predicted molar refractivity (Wildman–Crippen MR) is 118 cm³/mol. The first-order valence-corrected chi connectivity index (χ1v) is 10.9. The third kappa shape index (κ3) is 4.17. The Hall–Kier alpha value is -2.31. The highest BCUT2D eigenvalue weighted by molar-refractivity contribution is 7.77. The van der Waals surface area contributed by atoms with Gasteiger partial charge in [-0.15, -0.1) is 0 Å². The van der Waals surface area contributed by atoms with E-state index in [9.17, 15) is 5.11 Å². The van der Waals surface area contributed by atoms with Crippen LogP contribution in [0.5, 0.6) is 0 Å². The van der Waals surface area contributed by atoms with Crippen LogP contribution < -0.4 is 10.6 Å². The molecule has 0 aromatic heterocycles. The summed E-state index contributed by atoms with van der Waals surface area (Å²) < 4.78 is 0. The fourth-order valence-corrected chi connectivity index (χ4v) is 6.05. The second-order valence-corrected chi connectivity index (χ2v) is 9.44. The van der Waals surface area contributed by atoms with Gasteiger partial charge < -0.3 is 10.0 Å². The molecular weight excluding hydrogens is 349 g/mol. The van der Waals surface area contributed by atoms with E-state index in [1.54, 1.807) is 0 Å². The van der Waals surface area contributed by atoms with Crippen LogP contribution in [0.15, 0.2) is 95.7 Å². The van der Waals surface area contributed by atoms with Crippen LogP contribution in [-0.4, -0.2) is 22.1 Å². The molecule has 27 heavy (non-hydrogen) atoms. The zero-order chi connectivity index (χ0) is 19.4. The van der Waals surface area contributed by atoms with E-state index in [0.717, 1.165) is 5.57 Å². The van der Waals surface area contributed by atoms with Crippen LogP contribution in [0, 0.1) is 0 Å². The van der Waals surface area contributed by atoms with Crippen molar-refractivity contribution < 1.29 is 5.11 Å². The topological polar surface area (TPSA) is 23.5 Å². The number of rotatable bonds is 6. The second kappa shape index (κ2) is 8.59. The smallest absolute Gasteiger partial charge is 0.195 e. The molecule has 1 N–H and O–H groups in total. The first-order valence-electron chi connectivity index (χ1n) is 9.51. The largest absolute Gasteiger partial charge is 0.494 e. The van der Waals surface area contributed by atoms with Crippen molar-refractivity contribution in [2.75, 3.05) is 0 Å². The molecule has 0 bridgehead atoms. The summed E-state index contributed by atoms with van der Waals surface area (Å²) in [4.78, 5) is 2.09. The number of nitrogens with zero attached hydrogens (tertiary/aromatic N) is 1. The van der Waals surface area contributed by atoms with Crippen LogP contribution in [0.4, 0.5) is 0 Å². The molecule has 140 valence electrons. The van der Waals surface area contributed by atoms with Gasteiger partial charge >= 0.3 is 0 Å². The molecule has 0 radical (unpaired) electrons. The lowest BCUT2D eigenvalue weighted by Crippen LogP contribution is -2.37. The highest BCUT2D eigenvalue weighted by Gasteiger charge is 2.27. The minimum Gasteiger partial charge on any atom is -0.494 e. The third-order valence-electron chi connectivity index (χ3n) is 4.66. The summed E-state index contributed by atoms with van der Waals surface area (Å²) in [5.41, 5.74) is 0.941. The molecule has 3 heteroatoms. The van der Waals surface area contributed by atoms with Gasteiger partial charge in [0.1, 0.15) is 0 Å². The third-order valence-corrected chi connectivity index (χ3v) is 7.16. The van der Waals surface area contributed by atoms with Crippen LogP contribution in [0.3, 0.4) is 0 Å². The SMILES string of the molecule is CC(C)N(/C(O)=C1\C=CC=C1P(c1ccccc1)c1ccccc1)C(C)C. The molecule has 0 spiro atoms. The zero-order valence-electron chi connectivity index (χ0n) is 16.5. The monoisotopic (exact) mass is 377 g/mol. The Morgan fingerprint density at radius 2 is 1.30 bits per heavy atom. The minimum absolute atomic E-state index is 0.229. The van der Waals surface area contributed by atoms with Crippen molar-refractivity contribution in [3.05, 3.63) is 95.7 Å². The normalized spacial score (nSPS) is 15.6. The van der Waals surface area contributed by atoms with Gasteiger partial charge in [0.2, 0.25) is 0 Å². The Labute approximate surface area is 164 Å². The Balaban J connectivity index is 2.11. The lowest BCUT2D eigenvalue weighted by molar-refractivity contribution is 0.133. The van der Waals surface area contributed by atoms with E-state index in [4.69, 9.17) is 0 Å². The fraction of sp³-hybridized carbons (Fsp3) is 0.250. The van der Waals surface area contributed by atoms with E-state index in [0.29, 0.717) is 5.88 Å². The molecular formula is C24H28NOP. The van der Waals surface area contributed by atoms with Gasteiger partial charge in [-0.3, -0.25) is 0 Å². The van der Waals surface area contributed by atoms with Gasteiger partial charge in [0, 0.05) is 17.7 Å². The van der Waals surface area contributed by atoms with Gasteiger partial charge in [-0.25, -0.2) is 0 Å². The Kier molecular flexibility index (Phi) is 6.19. The van der Waals surface area contributed by atoms with E-state index in [1.165, 1.54) is 15.9 Å². The Morgan fingerprint density at radius 3 is 1.74 bits per heavy atom. The Bertz CT molecular complexity index is 803. The molecule has 1 aliphatic rings. The number of benzene rings is 2. The molecule has 0 atom stereocenters. The van der Waals surface area contributed by atoms with Crippen molar-refractivity contribution in [2.45, 2.75) is 39.8 Å². The van der Waals surface area contributed by atoms with Gasteiger partial charge in [-0.05, 0) is 57.6 Å². The van der Waals surface area contributed by atoms with Gasteiger partial charge in [0.15, 0.2) is 5.88 Å². The summed E-state index contributed by atoms with van der Waals surface area (Å²) in [7, 11) is -0.733. The predicted octanol–water partition coefficient (Wildman–Crippen LogP) is 5.46.